The molecule has 0 amide bonds. The van der Waals surface area contributed by atoms with Gasteiger partial charge in [-0.25, -0.2) is 0 Å². The molecule has 16 heavy (non-hydrogen) atoms. The van der Waals surface area contributed by atoms with E-state index in [4.69, 9.17) is 4.42 Å². The summed E-state index contributed by atoms with van der Waals surface area (Å²) in [7, 11) is 1.93. The van der Waals surface area contributed by atoms with Crippen molar-refractivity contribution in [2.24, 2.45) is 0 Å². The molecule has 1 heterocycles. The predicted octanol–water partition coefficient (Wildman–Crippen LogP) is 3.96. The van der Waals surface area contributed by atoms with E-state index in [1.807, 2.05) is 13.1 Å². The first-order chi connectivity index (χ1) is 7.72. The van der Waals surface area contributed by atoms with Gasteiger partial charge in [0.05, 0.1) is 16.8 Å². The van der Waals surface area contributed by atoms with Crippen LogP contribution in [0.5, 0.6) is 0 Å². The summed E-state index contributed by atoms with van der Waals surface area (Å²) in [6.07, 6.45) is 1.69. The highest BCUT2D eigenvalue weighted by Crippen LogP contribution is 2.29. The molecular formula is C12H11BrINO. The van der Waals surface area contributed by atoms with Gasteiger partial charge in [-0.05, 0) is 69.3 Å². The number of benzene rings is 1. The van der Waals surface area contributed by atoms with Crippen molar-refractivity contribution >= 4 is 38.5 Å². The molecule has 1 aromatic carbocycles. The monoisotopic (exact) mass is 391 g/mol. The quantitative estimate of drug-likeness (QED) is 0.801. The van der Waals surface area contributed by atoms with Gasteiger partial charge >= 0.3 is 0 Å². The number of furan rings is 1. The molecule has 0 spiro atoms. The third kappa shape index (κ3) is 2.49. The maximum absolute atomic E-state index is 5.49. The van der Waals surface area contributed by atoms with Gasteiger partial charge in [0.15, 0.2) is 0 Å². The fourth-order valence-corrected chi connectivity index (χ4v) is 2.41. The highest BCUT2D eigenvalue weighted by molar-refractivity contribution is 14.1. The lowest BCUT2D eigenvalue weighted by atomic mass is 10.1. The van der Waals surface area contributed by atoms with Gasteiger partial charge < -0.3 is 9.73 Å². The number of nitrogens with one attached hydrogen (secondary N) is 1. The average molecular weight is 392 g/mol. The van der Waals surface area contributed by atoms with E-state index in [1.54, 1.807) is 6.26 Å². The Hall–Kier alpha value is -0.330. The van der Waals surface area contributed by atoms with Crippen LogP contribution in [-0.2, 0) is 0 Å². The summed E-state index contributed by atoms with van der Waals surface area (Å²) in [6.45, 7) is 0. The van der Waals surface area contributed by atoms with Crippen LogP contribution >= 0.6 is 38.5 Å². The normalized spacial score (nSPS) is 12.7. The lowest BCUT2D eigenvalue weighted by molar-refractivity contribution is 0.461. The Bertz CT molecular complexity index is 466. The second-order valence-electron chi connectivity index (χ2n) is 3.41. The van der Waals surface area contributed by atoms with Crippen LogP contribution in [0.15, 0.2) is 45.5 Å². The first-order valence-electron chi connectivity index (χ1n) is 4.88. The minimum Gasteiger partial charge on any atom is -0.466 e. The molecule has 0 saturated heterocycles. The van der Waals surface area contributed by atoms with Gasteiger partial charge in [0.25, 0.3) is 0 Å². The zero-order valence-electron chi connectivity index (χ0n) is 8.71. The lowest BCUT2D eigenvalue weighted by Crippen LogP contribution is -2.17. The largest absolute Gasteiger partial charge is 0.466 e. The molecule has 0 saturated carbocycles. The van der Waals surface area contributed by atoms with Crippen LogP contribution in [0.25, 0.3) is 0 Å². The number of rotatable bonds is 3. The molecule has 0 fully saturated rings. The molecule has 2 rings (SSSR count). The molecule has 2 aromatic rings. The molecule has 84 valence electrons. The van der Waals surface area contributed by atoms with Crippen molar-refractivity contribution < 1.29 is 4.42 Å². The first kappa shape index (κ1) is 12.1. The summed E-state index contributed by atoms with van der Waals surface area (Å²) < 4.78 is 7.71. The van der Waals surface area contributed by atoms with Gasteiger partial charge in [-0.3, -0.25) is 0 Å². The molecule has 0 aliphatic carbocycles. The van der Waals surface area contributed by atoms with Crippen LogP contribution in [0.2, 0.25) is 0 Å². The van der Waals surface area contributed by atoms with Crippen molar-refractivity contribution in [3.8, 4) is 0 Å². The smallest absolute Gasteiger partial charge is 0.139 e. The number of hydrogen-bond acceptors (Lipinski definition) is 2. The number of hydrogen-bond donors (Lipinski definition) is 1. The molecule has 1 aromatic heterocycles. The molecule has 2 nitrogen and oxygen atoms in total. The molecule has 1 atom stereocenters. The van der Waals surface area contributed by atoms with Crippen molar-refractivity contribution in [1.82, 2.24) is 5.32 Å². The fourth-order valence-electron chi connectivity index (χ4n) is 1.62. The Morgan fingerprint density at radius 1 is 1.25 bits per heavy atom. The van der Waals surface area contributed by atoms with E-state index in [0.29, 0.717) is 0 Å². The van der Waals surface area contributed by atoms with Crippen LogP contribution in [-0.4, -0.2) is 7.05 Å². The SMILES string of the molecule is CNC(c1ccc(I)cc1)c1occc1Br. The Labute approximate surface area is 117 Å². The van der Waals surface area contributed by atoms with Crippen LogP contribution in [0.1, 0.15) is 17.4 Å². The van der Waals surface area contributed by atoms with Crippen LogP contribution in [0, 0.1) is 3.57 Å². The van der Waals surface area contributed by atoms with E-state index in [2.05, 4.69) is 68.1 Å². The molecule has 0 radical (unpaired) electrons. The summed E-state index contributed by atoms with van der Waals surface area (Å²) in [5.41, 5.74) is 1.19. The highest BCUT2D eigenvalue weighted by atomic mass is 127. The van der Waals surface area contributed by atoms with Crippen LogP contribution in [0.3, 0.4) is 0 Å². The fraction of sp³-hybridized carbons (Fsp3) is 0.167. The van der Waals surface area contributed by atoms with E-state index in [0.717, 1.165) is 10.2 Å². The van der Waals surface area contributed by atoms with Gasteiger partial charge in [0, 0.05) is 3.57 Å². The summed E-state index contributed by atoms with van der Waals surface area (Å²) >= 11 is 5.78. The van der Waals surface area contributed by atoms with E-state index in [9.17, 15) is 0 Å². The summed E-state index contributed by atoms with van der Waals surface area (Å²) in [4.78, 5) is 0. The lowest BCUT2D eigenvalue weighted by Gasteiger charge is -2.14. The first-order valence-corrected chi connectivity index (χ1v) is 6.75. The van der Waals surface area contributed by atoms with E-state index in [-0.39, 0.29) is 6.04 Å². The summed E-state index contributed by atoms with van der Waals surface area (Å²) in [6, 6.07) is 10.4. The van der Waals surface area contributed by atoms with E-state index in [1.165, 1.54) is 9.13 Å². The van der Waals surface area contributed by atoms with Gasteiger partial charge in [-0.15, -0.1) is 0 Å². The van der Waals surface area contributed by atoms with Gasteiger partial charge in [0.2, 0.25) is 0 Å². The minimum atomic E-state index is 0.0846. The maximum atomic E-state index is 5.49. The van der Waals surface area contributed by atoms with Crippen molar-refractivity contribution in [2.75, 3.05) is 7.05 Å². The molecule has 1 N–H and O–H groups in total. The highest BCUT2D eigenvalue weighted by Gasteiger charge is 2.17. The van der Waals surface area contributed by atoms with Crippen molar-refractivity contribution in [3.63, 3.8) is 0 Å². The van der Waals surface area contributed by atoms with Gasteiger partial charge in [0.1, 0.15) is 5.76 Å². The second kappa shape index (κ2) is 5.33. The second-order valence-corrected chi connectivity index (χ2v) is 5.51. The zero-order valence-corrected chi connectivity index (χ0v) is 12.4. The third-order valence-electron chi connectivity index (χ3n) is 2.40. The molecule has 0 bridgehead atoms. The standard InChI is InChI=1S/C12H11BrINO/c1-15-11(12-10(13)6-7-16-12)8-2-4-9(14)5-3-8/h2-7,11,15H,1H3. The predicted molar refractivity (Wildman–Crippen MR) is 76.5 cm³/mol. The molecular weight excluding hydrogens is 381 g/mol. The Balaban J connectivity index is 2.37. The zero-order chi connectivity index (χ0) is 11.5. The van der Waals surface area contributed by atoms with Crippen molar-refractivity contribution in [1.29, 1.82) is 0 Å². The van der Waals surface area contributed by atoms with E-state index < -0.39 is 0 Å². The van der Waals surface area contributed by atoms with E-state index >= 15 is 0 Å². The average Bonchev–Trinajstić information content (AvgIpc) is 2.69. The minimum absolute atomic E-state index is 0.0846. The Morgan fingerprint density at radius 2 is 1.94 bits per heavy atom. The maximum Gasteiger partial charge on any atom is 0.139 e. The summed E-state index contributed by atoms with van der Waals surface area (Å²) in [5, 5.41) is 3.25. The van der Waals surface area contributed by atoms with Crippen molar-refractivity contribution in [2.45, 2.75) is 6.04 Å². The molecule has 0 aliphatic heterocycles. The Morgan fingerprint density at radius 3 is 2.44 bits per heavy atom. The topological polar surface area (TPSA) is 25.2 Å². The Kier molecular flexibility index (Phi) is 4.05. The van der Waals surface area contributed by atoms with Crippen LogP contribution in [0.4, 0.5) is 0 Å². The number of halogens is 2. The van der Waals surface area contributed by atoms with Crippen molar-refractivity contribution in [3.05, 3.63) is 56.0 Å². The molecule has 0 aliphatic rings. The van der Waals surface area contributed by atoms with Gasteiger partial charge in [-0.1, -0.05) is 12.1 Å². The summed E-state index contributed by atoms with van der Waals surface area (Å²) in [5.74, 6) is 0.906. The van der Waals surface area contributed by atoms with Gasteiger partial charge in [-0.2, -0.15) is 0 Å². The van der Waals surface area contributed by atoms with Crippen LogP contribution < -0.4 is 5.32 Å². The molecule has 1 unspecified atom stereocenters. The molecule has 4 heteroatoms. The third-order valence-corrected chi connectivity index (χ3v) is 3.77.